The first-order valence-electron chi connectivity index (χ1n) is 8.80. The molecule has 0 aliphatic carbocycles. The molecule has 3 aromatic rings. The molecule has 1 fully saturated rings. The number of para-hydroxylation sites is 1. The topological polar surface area (TPSA) is 77.2 Å². The Balaban J connectivity index is 1.49. The number of carbonyl (C=O) groups is 1. The van der Waals surface area contributed by atoms with Gasteiger partial charge in [0.15, 0.2) is 0 Å². The molecule has 1 aliphatic rings. The maximum Gasteiger partial charge on any atom is 0.322 e. The average molecular weight is 350 g/mol. The minimum Gasteiger partial charge on any atom is -0.352 e. The van der Waals surface area contributed by atoms with E-state index < -0.39 is 0 Å². The summed E-state index contributed by atoms with van der Waals surface area (Å²) in [5, 5.41) is 4.03. The molecular formula is C19H22N6O. The first-order chi connectivity index (χ1) is 12.6. The van der Waals surface area contributed by atoms with Crippen LogP contribution in [-0.4, -0.2) is 51.6 Å². The van der Waals surface area contributed by atoms with Crippen LogP contribution in [0, 0.1) is 6.92 Å². The van der Waals surface area contributed by atoms with Crippen LogP contribution >= 0.6 is 0 Å². The SMILES string of the molecule is Cc1c[nH]c2ncnc(N3CCN(C(=O)Nc4ccccc4)[C@@H](C)C3)c12. The maximum absolute atomic E-state index is 12.6. The molecule has 0 saturated carbocycles. The van der Waals surface area contributed by atoms with Crippen molar-refractivity contribution in [2.45, 2.75) is 19.9 Å². The Morgan fingerprint density at radius 3 is 2.81 bits per heavy atom. The van der Waals surface area contributed by atoms with Gasteiger partial charge >= 0.3 is 6.03 Å². The Morgan fingerprint density at radius 1 is 1.23 bits per heavy atom. The summed E-state index contributed by atoms with van der Waals surface area (Å²) in [5.74, 6) is 0.934. The Bertz CT molecular complexity index is 922. The number of aryl methyl sites for hydroxylation is 1. The van der Waals surface area contributed by atoms with Gasteiger partial charge in [0.1, 0.15) is 17.8 Å². The molecule has 0 bridgehead atoms. The van der Waals surface area contributed by atoms with Crippen molar-refractivity contribution < 1.29 is 4.79 Å². The maximum atomic E-state index is 12.6. The smallest absolute Gasteiger partial charge is 0.322 e. The van der Waals surface area contributed by atoms with Gasteiger partial charge in [0.05, 0.1) is 5.39 Å². The Morgan fingerprint density at radius 2 is 2.04 bits per heavy atom. The van der Waals surface area contributed by atoms with Gasteiger partial charge in [-0.3, -0.25) is 0 Å². The fourth-order valence-corrected chi connectivity index (χ4v) is 3.51. The van der Waals surface area contributed by atoms with Crippen LogP contribution < -0.4 is 10.2 Å². The molecule has 1 atom stereocenters. The van der Waals surface area contributed by atoms with Crippen LogP contribution in [0.1, 0.15) is 12.5 Å². The van der Waals surface area contributed by atoms with Crippen LogP contribution in [0.3, 0.4) is 0 Å². The lowest BCUT2D eigenvalue weighted by Crippen LogP contribution is -2.55. The molecule has 1 aliphatic heterocycles. The Kier molecular flexibility index (Phi) is 4.20. The third-order valence-corrected chi connectivity index (χ3v) is 4.86. The van der Waals surface area contributed by atoms with E-state index in [2.05, 4.69) is 39.0 Å². The lowest BCUT2D eigenvalue weighted by Gasteiger charge is -2.40. The van der Waals surface area contributed by atoms with Crippen molar-refractivity contribution in [2.24, 2.45) is 0 Å². The summed E-state index contributed by atoms with van der Waals surface area (Å²) in [6.45, 7) is 6.24. The number of nitrogens with zero attached hydrogens (tertiary/aromatic N) is 4. The number of piperazine rings is 1. The van der Waals surface area contributed by atoms with Crippen LogP contribution in [0.25, 0.3) is 11.0 Å². The number of aromatic amines is 1. The summed E-state index contributed by atoms with van der Waals surface area (Å²) in [7, 11) is 0. The number of rotatable bonds is 2. The Hall–Kier alpha value is -3.09. The molecule has 2 aromatic heterocycles. The molecule has 2 amide bonds. The van der Waals surface area contributed by atoms with Crippen LogP contribution in [0.2, 0.25) is 0 Å². The second-order valence-corrected chi connectivity index (χ2v) is 6.68. The van der Waals surface area contributed by atoms with Gasteiger partial charge in [-0.25, -0.2) is 14.8 Å². The van der Waals surface area contributed by atoms with Crippen LogP contribution in [-0.2, 0) is 0 Å². The zero-order chi connectivity index (χ0) is 18.1. The van der Waals surface area contributed by atoms with Crippen molar-refractivity contribution in [3.05, 3.63) is 48.4 Å². The first kappa shape index (κ1) is 16.4. The normalized spacial score (nSPS) is 17.5. The number of nitrogens with one attached hydrogen (secondary N) is 2. The van der Waals surface area contributed by atoms with E-state index >= 15 is 0 Å². The zero-order valence-electron chi connectivity index (χ0n) is 14.9. The molecule has 2 N–H and O–H groups in total. The van der Waals surface area contributed by atoms with E-state index in [-0.39, 0.29) is 12.1 Å². The number of anilines is 2. The van der Waals surface area contributed by atoms with E-state index in [9.17, 15) is 4.79 Å². The van der Waals surface area contributed by atoms with Gasteiger partial charge < -0.3 is 20.1 Å². The second kappa shape index (κ2) is 6.67. The van der Waals surface area contributed by atoms with E-state index in [1.54, 1.807) is 6.33 Å². The summed E-state index contributed by atoms with van der Waals surface area (Å²) in [5.41, 5.74) is 2.80. The fourth-order valence-electron chi connectivity index (χ4n) is 3.51. The van der Waals surface area contributed by atoms with Crippen molar-refractivity contribution in [1.29, 1.82) is 0 Å². The van der Waals surface area contributed by atoms with Crippen molar-refractivity contribution in [2.75, 3.05) is 29.9 Å². The van der Waals surface area contributed by atoms with Crippen molar-refractivity contribution in [3.8, 4) is 0 Å². The number of hydrogen-bond acceptors (Lipinski definition) is 4. The standard InChI is InChI=1S/C19H22N6O/c1-13-10-20-17-16(13)18(22-12-21-17)24-8-9-25(14(2)11-24)19(26)23-15-6-4-3-5-7-15/h3-7,10,12,14H,8-9,11H2,1-2H3,(H,23,26)(H,20,21,22)/t14-/m0/s1. The van der Waals surface area contributed by atoms with Gasteiger partial charge in [0.2, 0.25) is 0 Å². The summed E-state index contributed by atoms with van der Waals surface area (Å²) < 4.78 is 0. The highest BCUT2D eigenvalue weighted by Gasteiger charge is 2.29. The highest BCUT2D eigenvalue weighted by molar-refractivity contribution is 5.91. The predicted octanol–water partition coefficient (Wildman–Crippen LogP) is 3.01. The highest BCUT2D eigenvalue weighted by atomic mass is 16.2. The summed E-state index contributed by atoms with van der Waals surface area (Å²) >= 11 is 0. The first-order valence-corrected chi connectivity index (χ1v) is 8.80. The largest absolute Gasteiger partial charge is 0.352 e. The predicted molar refractivity (Wildman–Crippen MR) is 102 cm³/mol. The molecule has 0 spiro atoms. The molecule has 0 unspecified atom stereocenters. The third kappa shape index (κ3) is 2.96. The number of urea groups is 1. The van der Waals surface area contributed by atoms with Gasteiger partial charge in [-0.05, 0) is 31.5 Å². The van der Waals surface area contributed by atoms with E-state index in [4.69, 9.17) is 0 Å². The molecule has 134 valence electrons. The monoisotopic (exact) mass is 350 g/mol. The van der Waals surface area contributed by atoms with Crippen molar-refractivity contribution in [3.63, 3.8) is 0 Å². The van der Waals surface area contributed by atoms with E-state index in [1.165, 1.54) is 0 Å². The lowest BCUT2D eigenvalue weighted by atomic mass is 10.1. The van der Waals surface area contributed by atoms with Gasteiger partial charge in [-0.15, -0.1) is 0 Å². The van der Waals surface area contributed by atoms with Crippen LogP contribution in [0.15, 0.2) is 42.9 Å². The summed E-state index contributed by atoms with van der Waals surface area (Å²) in [6.07, 6.45) is 3.54. The number of aromatic nitrogens is 3. The van der Waals surface area contributed by atoms with Gasteiger partial charge in [0, 0.05) is 37.6 Å². The highest BCUT2D eigenvalue weighted by Crippen LogP contribution is 2.27. The molecule has 3 heterocycles. The average Bonchev–Trinajstić information content (AvgIpc) is 3.04. The zero-order valence-corrected chi connectivity index (χ0v) is 14.9. The molecule has 7 heteroatoms. The third-order valence-electron chi connectivity index (χ3n) is 4.86. The number of hydrogen-bond donors (Lipinski definition) is 2. The van der Waals surface area contributed by atoms with Gasteiger partial charge in [-0.2, -0.15) is 0 Å². The second-order valence-electron chi connectivity index (χ2n) is 6.68. The van der Waals surface area contributed by atoms with E-state index in [0.717, 1.165) is 41.2 Å². The van der Waals surface area contributed by atoms with Crippen molar-refractivity contribution in [1.82, 2.24) is 19.9 Å². The summed E-state index contributed by atoms with van der Waals surface area (Å²) in [6, 6.07) is 9.57. The van der Waals surface area contributed by atoms with Crippen molar-refractivity contribution >= 4 is 28.6 Å². The lowest BCUT2D eigenvalue weighted by molar-refractivity contribution is 0.184. The molecular weight excluding hydrogens is 328 g/mol. The number of H-pyrrole nitrogens is 1. The molecule has 26 heavy (non-hydrogen) atoms. The van der Waals surface area contributed by atoms with E-state index in [0.29, 0.717) is 6.54 Å². The molecule has 7 nitrogen and oxygen atoms in total. The van der Waals surface area contributed by atoms with E-state index in [1.807, 2.05) is 41.4 Å². The summed E-state index contributed by atoms with van der Waals surface area (Å²) in [4.78, 5) is 28.7. The molecule has 4 rings (SSSR count). The van der Waals surface area contributed by atoms with Gasteiger partial charge in [-0.1, -0.05) is 18.2 Å². The number of fused-ring (bicyclic) bond motifs is 1. The molecule has 1 saturated heterocycles. The van der Waals surface area contributed by atoms with Gasteiger partial charge in [0.25, 0.3) is 0 Å². The molecule has 1 aromatic carbocycles. The fraction of sp³-hybridized carbons (Fsp3) is 0.316. The number of amides is 2. The number of carbonyl (C=O) groups excluding carboxylic acids is 1. The van der Waals surface area contributed by atoms with Crippen LogP contribution in [0.4, 0.5) is 16.3 Å². The van der Waals surface area contributed by atoms with Crippen LogP contribution in [0.5, 0.6) is 0 Å². The minimum absolute atomic E-state index is 0.0611. The molecule has 0 radical (unpaired) electrons. The number of benzene rings is 1. The Labute approximate surface area is 152 Å². The minimum atomic E-state index is -0.0611. The quantitative estimate of drug-likeness (QED) is 0.745.